The third-order valence-corrected chi connectivity index (χ3v) is 8.58. The van der Waals surface area contributed by atoms with Gasteiger partial charge in [-0.3, -0.25) is 9.80 Å². The van der Waals surface area contributed by atoms with Crippen molar-refractivity contribution in [2.75, 3.05) is 26.2 Å². The van der Waals surface area contributed by atoms with Crippen LogP contribution in [0.4, 0.5) is 0 Å². The van der Waals surface area contributed by atoms with Crippen molar-refractivity contribution in [2.45, 2.75) is 50.0 Å². The highest BCUT2D eigenvalue weighted by Crippen LogP contribution is 2.36. The molecule has 3 N–H and O–H groups in total. The fraction of sp³-hybridized carbons (Fsp3) is 0.400. The fourth-order valence-corrected chi connectivity index (χ4v) is 5.87. The number of halogens is 2. The minimum atomic E-state index is -0.840. The molecule has 2 fully saturated rings. The third kappa shape index (κ3) is 6.14. The Morgan fingerprint density at radius 3 is 1.51 bits per heavy atom. The van der Waals surface area contributed by atoms with Crippen LogP contribution in [0.25, 0.3) is 0 Å². The van der Waals surface area contributed by atoms with Gasteiger partial charge in [-0.25, -0.2) is 0 Å². The fourth-order valence-electron chi connectivity index (χ4n) is 5.62. The molecular weight excluding hydrogens is 507 g/mol. The second kappa shape index (κ2) is 10.9. The zero-order valence-corrected chi connectivity index (χ0v) is 22.4. The Bertz CT molecular complexity index is 1200. The molecule has 0 aliphatic carbocycles. The van der Waals surface area contributed by atoms with Crippen molar-refractivity contribution in [1.29, 1.82) is 0 Å². The summed E-state index contributed by atoms with van der Waals surface area (Å²) in [7, 11) is 0. The van der Waals surface area contributed by atoms with Gasteiger partial charge in [0.15, 0.2) is 0 Å². The molecule has 2 aliphatic rings. The second-order valence-electron chi connectivity index (χ2n) is 10.6. The van der Waals surface area contributed by atoms with Crippen LogP contribution in [0.1, 0.15) is 47.9 Å². The molecule has 196 valence electrons. The van der Waals surface area contributed by atoms with Crippen LogP contribution >= 0.6 is 23.2 Å². The van der Waals surface area contributed by atoms with Gasteiger partial charge in [-0.1, -0.05) is 53.5 Å². The van der Waals surface area contributed by atoms with Crippen LogP contribution in [0, 0.1) is 0 Å². The number of rotatable bonds is 6. The summed E-state index contributed by atoms with van der Waals surface area (Å²) in [6.45, 7) is 4.51. The summed E-state index contributed by atoms with van der Waals surface area (Å²) in [6.07, 6.45) is 2.62. The molecule has 37 heavy (non-hydrogen) atoms. The summed E-state index contributed by atoms with van der Waals surface area (Å²) >= 11 is 12.0. The van der Waals surface area contributed by atoms with Crippen molar-refractivity contribution in [1.82, 2.24) is 9.80 Å². The molecule has 0 amide bonds. The molecule has 0 aromatic heterocycles. The predicted molar refractivity (Wildman–Crippen MR) is 148 cm³/mol. The van der Waals surface area contributed by atoms with Crippen LogP contribution < -0.4 is 0 Å². The molecular formula is C30H34Cl2N2O3. The molecule has 0 unspecified atom stereocenters. The molecule has 3 aromatic carbocycles. The minimum Gasteiger partial charge on any atom is -0.508 e. The number of nitrogens with zero attached hydrogens (tertiary/aromatic N) is 2. The molecule has 3 aromatic rings. The molecule has 2 saturated heterocycles. The Balaban J connectivity index is 1.17. The van der Waals surface area contributed by atoms with Gasteiger partial charge >= 0.3 is 0 Å². The molecule has 5 nitrogen and oxygen atoms in total. The lowest BCUT2D eigenvalue weighted by molar-refractivity contribution is -0.0279. The second-order valence-corrected chi connectivity index (χ2v) is 11.5. The summed E-state index contributed by atoms with van der Waals surface area (Å²) in [5.74, 6) is 0.304. The topological polar surface area (TPSA) is 67.2 Å². The summed E-state index contributed by atoms with van der Waals surface area (Å²) < 4.78 is 0. The maximum absolute atomic E-state index is 11.2. The van der Waals surface area contributed by atoms with E-state index in [9.17, 15) is 15.3 Å². The van der Waals surface area contributed by atoms with E-state index in [4.69, 9.17) is 23.2 Å². The molecule has 0 bridgehead atoms. The maximum atomic E-state index is 11.2. The van der Waals surface area contributed by atoms with Gasteiger partial charge in [0.1, 0.15) is 5.75 Å². The molecule has 0 radical (unpaired) electrons. The molecule has 0 atom stereocenters. The first-order valence-electron chi connectivity index (χ1n) is 12.9. The number of phenols is 1. The first kappa shape index (κ1) is 26.5. The lowest BCUT2D eigenvalue weighted by Gasteiger charge is -2.39. The first-order valence-corrected chi connectivity index (χ1v) is 13.7. The van der Waals surface area contributed by atoms with Crippen molar-refractivity contribution in [2.24, 2.45) is 0 Å². The zero-order valence-electron chi connectivity index (χ0n) is 20.9. The Morgan fingerprint density at radius 2 is 1.05 bits per heavy atom. The largest absolute Gasteiger partial charge is 0.508 e. The molecule has 0 saturated carbocycles. The summed E-state index contributed by atoms with van der Waals surface area (Å²) in [5, 5.41) is 34.2. The highest BCUT2D eigenvalue weighted by molar-refractivity contribution is 6.30. The maximum Gasteiger partial charge on any atom is 0.120 e. The van der Waals surface area contributed by atoms with Gasteiger partial charge in [0.25, 0.3) is 0 Å². The number of benzene rings is 3. The molecule has 2 aliphatic heterocycles. The van der Waals surface area contributed by atoms with E-state index < -0.39 is 11.2 Å². The van der Waals surface area contributed by atoms with Crippen LogP contribution in [0.3, 0.4) is 0 Å². The van der Waals surface area contributed by atoms with Crippen molar-refractivity contribution in [3.05, 3.63) is 99.0 Å². The lowest BCUT2D eigenvalue weighted by Crippen LogP contribution is -2.42. The lowest BCUT2D eigenvalue weighted by atomic mass is 9.84. The number of likely N-dealkylation sites (tertiary alicyclic amines) is 2. The number of piperidine rings is 2. The van der Waals surface area contributed by atoms with Gasteiger partial charge in [-0.05, 0) is 78.8 Å². The van der Waals surface area contributed by atoms with Crippen LogP contribution in [-0.4, -0.2) is 51.3 Å². The predicted octanol–water partition coefficient (Wildman–Crippen LogP) is 5.67. The number of aromatic hydroxyl groups is 1. The van der Waals surface area contributed by atoms with E-state index in [1.165, 1.54) is 0 Å². The Labute approximate surface area is 228 Å². The van der Waals surface area contributed by atoms with Crippen molar-refractivity contribution < 1.29 is 15.3 Å². The van der Waals surface area contributed by atoms with E-state index in [-0.39, 0.29) is 0 Å². The van der Waals surface area contributed by atoms with Crippen LogP contribution in [0.5, 0.6) is 5.75 Å². The van der Waals surface area contributed by atoms with E-state index >= 15 is 0 Å². The SMILES string of the molecule is Oc1ccc(CN2CCC(O)(c3ccc(Cl)cc3)CC2)cc1CN1CCC(O)(c2ccc(Cl)cc2)CC1. The van der Waals surface area contributed by atoms with Gasteiger partial charge in [-0.15, -0.1) is 0 Å². The quantitative estimate of drug-likeness (QED) is 0.376. The van der Waals surface area contributed by atoms with Crippen LogP contribution in [-0.2, 0) is 24.3 Å². The minimum absolute atomic E-state index is 0.304. The van der Waals surface area contributed by atoms with Crippen molar-refractivity contribution in [3.8, 4) is 5.75 Å². The summed E-state index contributed by atoms with van der Waals surface area (Å²) in [6, 6.07) is 20.8. The van der Waals surface area contributed by atoms with E-state index in [2.05, 4.69) is 15.9 Å². The zero-order chi connectivity index (χ0) is 26.0. The average Bonchev–Trinajstić information content (AvgIpc) is 2.89. The van der Waals surface area contributed by atoms with Crippen LogP contribution in [0.2, 0.25) is 10.0 Å². The summed E-state index contributed by atoms with van der Waals surface area (Å²) in [5.41, 5.74) is 2.23. The normalized spacial score (nSPS) is 20.1. The Morgan fingerprint density at radius 1 is 0.622 bits per heavy atom. The Hall–Kier alpha value is -2.12. The molecule has 0 spiro atoms. The monoisotopic (exact) mass is 540 g/mol. The van der Waals surface area contributed by atoms with Crippen molar-refractivity contribution in [3.63, 3.8) is 0 Å². The third-order valence-electron chi connectivity index (χ3n) is 8.07. The average molecular weight is 542 g/mol. The van der Waals surface area contributed by atoms with Gasteiger partial charge in [0, 0.05) is 54.9 Å². The van der Waals surface area contributed by atoms with E-state index in [1.54, 1.807) is 6.07 Å². The van der Waals surface area contributed by atoms with E-state index in [0.29, 0.717) is 48.0 Å². The first-order chi connectivity index (χ1) is 17.7. The van der Waals surface area contributed by atoms with Gasteiger partial charge in [0.05, 0.1) is 11.2 Å². The van der Waals surface area contributed by atoms with Gasteiger partial charge < -0.3 is 15.3 Å². The molecule has 5 rings (SSSR count). The number of hydrogen-bond donors (Lipinski definition) is 3. The molecule has 7 heteroatoms. The van der Waals surface area contributed by atoms with Gasteiger partial charge in [0.2, 0.25) is 0 Å². The Kier molecular flexibility index (Phi) is 7.83. The smallest absolute Gasteiger partial charge is 0.120 e. The van der Waals surface area contributed by atoms with Crippen LogP contribution in [0.15, 0.2) is 66.7 Å². The van der Waals surface area contributed by atoms with E-state index in [0.717, 1.165) is 55.0 Å². The van der Waals surface area contributed by atoms with E-state index in [1.807, 2.05) is 54.6 Å². The number of phenolic OH excluding ortho intramolecular Hbond substituents is 1. The standard InChI is InChI=1S/C30H34Cl2N2O3/c31-26-6-2-24(3-7-26)29(36)11-15-33(16-12-29)20-22-1-10-28(35)23(19-22)21-34-17-13-30(37,14-18-34)25-4-8-27(32)9-5-25/h1-10,19,35-37H,11-18,20-21H2. The number of hydrogen-bond acceptors (Lipinski definition) is 5. The highest BCUT2D eigenvalue weighted by atomic mass is 35.5. The summed E-state index contributed by atoms with van der Waals surface area (Å²) in [4.78, 5) is 4.64. The number of aliphatic hydroxyl groups is 2. The highest BCUT2D eigenvalue weighted by Gasteiger charge is 2.35. The van der Waals surface area contributed by atoms with Gasteiger partial charge in [-0.2, -0.15) is 0 Å². The molecule has 2 heterocycles. The van der Waals surface area contributed by atoms with Crippen molar-refractivity contribution >= 4 is 23.2 Å².